The third-order valence-corrected chi connectivity index (χ3v) is 3.15. The molecule has 11 nitrogen and oxygen atoms in total. The molecule has 5 atom stereocenters. The summed E-state index contributed by atoms with van der Waals surface area (Å²) in [5.74, 6) is -2.94. The van der Waals surface area contributed by atoms with Crippen molar-refractivity contribution in [1.29, 1.82) is 0 Å². The van der Waals surface area contributed by atoms with Gasteiger partial charge in [0.05, 0.1) is 0 Å². The van der Waals surface area contributed by atoms with Gasteiger partial charge in [-0.25, -0.2) is 4.79 Å². The van der Waals surface area contributed by atoms with Gasteiger partial charge in [0.2, 0.25) is 12.3 Å². The van der Waals surface area contributed by atoms with Crippen LogP contribution in [0.15, 0.2) is 4.99 Å². The van der Waals surface area contributed by atoms with Crippen molar-refractivity contribution in [1.82, 2.24) is 0 Å². The standard InChI is InChI=1S/C15H19NO10/c1-7(18)22-5-11-12(23-8(2)19)13(24-9(3)20)14(25-10(4)21)15(26-11)16-6-17/h11-15H,5H2,1-4H3/t11-,12+,13-,14+,15+/m0/s1. The molecule has 0 aliphatic carbocycles. The summed E-state index contributed by atoms with van der Waals surface area (Å²) in [6.45, 7) is 4.03. The van der Waals surface area contributed by atoms with E-state index in [4.69, 9.17) is 23.7 Å². The van der Waals surface area contributed by atoms with Crippen LogP contribution in [0.2, 0.25) is 0 Å². The Balaban J connectivity index is 3.28. The summed E-state index contributed by atoms with van der Waals surface area (Å²) in [5.41, 5.74) is 0. The summed E-state index contributed by atoms with van der Waals surface area (Å²) >= 11 is 0. The molecule has 0 aromatic carbocycles. The maximum Gasteiger partial charge on any atom is 0.303 e. The van der Waals surface area contributed by atoms with Crippen LogP contribution in [-0.2, 0) is 47.7 Å². The highest BCUT2D eigenvalue weighted by Gasteiger charge is 2.52. The summed E-state index contributed by atoms with van der Waals surface area (Å²) in [6.07, 6.45) is -5.30. The number of hydrogen-bond acceptors (Lipinski definition) is 11. The topological polar surface area (TPSA) is 144 Å². The van der Waals surface area contributed by atoms with Gasteiger partial charge in [-0.05, 0) is 0 Å². The second-order valence-corrected chi connectivity index (χ2v) is 5.31. The molecular formula is C15H19NO10. The molecular weight excluding hydrogens is 354 g/mol. The van der Waals surface area contributed by atoms with Crippen molar-refractivity contribution in [2.24, 2.45) is 4.99 Å². The average Bonchev–Trinajstić information content (AvgIpc) is 2.50. The lowest BCUT2D eigenvalue weighted by atomic mass is 9.97. The van der Waals surface area contributed by atoms with Gasteiger partial charge in [0.25, 0.3) is 0 Å². The molecule has 0 spiro atoms. The maximum atomic E-state index is 11.5. The molecule has 1 rings (SSSR count). The van der Waals surface area contributed by atoms with E-state index in [1.54, 1.807) is 0 Å². The first kappa shape index (κ1) is 21.3. The van der Waals surface area contributed by atoms with Gasteiger partial charge in [-0.1, -0.05) is 0 Å². The van der Waals surface area contributed by atoms with Crippen molar-refractivity contribution in [3.05, 3.63) is 0 Å². The molecule has 1 aliphatic heterocycles. The molecule has 1 saturated heterocycles. The molecule has 144 valence electrons. The van der Waals surface area contributed by atoms with Gasteiger partial charge in [0.15, 0.2) is 18.3 Å². The lowest BCUT2D eigenvalue weighted by Gasteiger charge is -2.42. The van der Waals surface area contributed by atoms with Gasteiger partial charge in [0.1, 0.15) is 12.7 Å². The Morgan fingerprint density at radius 3 is 1.81 bits per heavy atom. The Bertz CT molecular complexity index is 612. The molecule has 26 heavy (non-hydrogen) atoms. The molecule has 0 bridgehead atoms. The molecule has 0 aromatic rings. The van der Waals surface area contributed by atoms with Crippen LogP contribution in [0.1, 0.15) is 27.7 Å². The van der Waals surface area contributed by atoms with E-state index in [9.17, 15) is 24.0 Å². The summed E-state index contributed by atoms with van der Waals surface area (Å²) in [7, 11) is 0. The lowest BCUT2D eigenvalue weighted by Crippen LogP contribution is -2.61. The number of nitrogens with zero attached hydrogens (tertiary/aromatic N) is 1. The molecule has 0 unspecified atom stereocenters. The first-order valence-electron chi connectivity index (χ1n) is 7.53. The van der Waals surface area contributed by atoms with Gasteiger partial charge in [-0.2, -0.15) is 4.99 Å². The van der Waals surface area contributed by atoms with Crippen molar-refractivity contribution >= 4 is 30.0 Å². The fourth-order valence-corrected chi connectivity index (χ4v) is 2.36. The molecule has 1 aliphatic rings. The van der Waals surface area contributed by atoms with Crippen molar-refractivity contribution in [2.75, 3.05) is 6.61 Å². The minimum Gasteiger partial charge on any atom is -0.463 e. The van der Waals surface area contributed by atoms with E-state index in [0.717, 1.165) is 27.7 Å². The Morgan fingerprint density at radius 2 is 1.35 bits per heavy atom. The highest BCUT2D eigenvalue weighted by atomic mass is 16.7. The maximum absolute atomic E-state index is 11.5. The van der Waals surface area contributed by atoms with Gasteiger partial charge < -0.3 is 23.7 Å². The van der Waals surface area contributed by atoms with Crippen LogP contribution in [0.4, 0.5) is 0 Å². The number of rotatable bonds is 6. The third kappa shape index (κ3) is 6.26. The smallest absolute Gasteiger partial charge is 0.303 e. The van der Waals surface area contributed by atoms with E-state index in [0.29, 0.717) is 0 Å². The number of hydrogen-bond donors (Lipinski definition) is 0. The summed E-state index contributed by atoms with van der Waals surface area (Å²) < 4.78 is 25.6. The van der Waals surface area contributed by atoms with Crippen LogP contribution >= 0.6 is 0 Å². The fraction of sp³-hybridized carbons (Fsp3) is 0.667. The monoisotopic (exact) mass is 373 g/mol. The highest BCUT2D eigenvalue weighted by molar-refractivity contribution is 5.68. The molecule has 0 radical (unpaired) electrons. The quantitative estimate of drug-likeness (QED) is 0.256. The first-order chi connectivity index (χ1) is 12.1. The zero-order valence-corrected chi connectivity index (χ0v) is 14.6. The molecule has 0 N–H and O–H groups in total. The van der Waals surface area contributed by atoms with Gasteiger partial charge in [-0.15, -0.1) is 0 Å². The van der Waals surface area contributed by atoms with E-state index in [1.807, 2.05) is 0 Å². The van der Waals surface area contributed by atoms with E-state index in [1.165, 1.54) is 6.08 Å². The minimum atomic E-state index is -1.41. The summed E-state index contributed by atoms with van der Waals surface area (Å²) in [4.78, 5) is 59.4. The third-order valence-electron chi connectivity index (χ3n) is 3.15. The van der Waals surface area contributed by atoms with Crippen LogP contribution in [0.3, 0.4) is 0 Å². The Labute approximate surface area is 148 Å². The van der Waals surface area contributed by atoms with Gasteiger partial charge in [-0.3, -0.25) is 19.2 Å². The number of isocyanates is 1. The zero-order valence-electron chi connectivity index (χ0n) is 14.6. The second kappa shape index (κ2) is 9.64. The molecule has 0 saturated carbocycles. The van der Waals surface area contributed by atoms with Crippen molar-refractivity contribution in [2.45, 2.75) is 58.3 Å². The largest absolute Gasteiger partial charge is 0.463 e. The Hall–Kier alpha value is -2.78. The van der Waals surface area contributed by atoms with E-state index in [-0.39, 0.29) is 6.61 Å². The number of ether oxygens (including phenoxy) is 5. The zero-order chi connectivity index (χ0) is 19.9. The Kier molecular flexibility index (Phi) is 7.88. The second-order valence-electron chi connectivity index (χ2n) is 5.31. The van der Waals surface area contributed by atoms with E-state index >= 15 is 0 Å². The molecule has 11 heteroatoms. The molecule has 1 fully saturated rings. The number of carbonyl (C=O) groups is 4. The van der Waals surface area contributed by atoms with Crippen molar-refractivity contribution in [3.8, 4) is 0 Å². The van der Waals surface area contributed by atoms with Crippen molar-refractivity contribution in [3.63, 3.8) is 0 Å². The number of esters is 4. The van der Waals surface area contributed by atoms with Crippen LogP contribution in [0, 0.1) is 0 Å². The van der Waals surface area contributed by atoms with E-state index < -0.39 is 54.5 Å². The number of aliphatic imine (C=N–C) groups is 1. The van der Waals surface area contributed by atoms with E-state index in [2.05, 4.69) is 4.99 Å². The van der Waals surface area contributed by atoms with Crippen LogP contribution < -0.4 is 0 Å². The average molecular weight is 373 g/mol. The predicted molar refractivity (Wildman–Crippen MR) is 80.1 cm³/mol. The summed E-state index contributed by atoms with van der Waals surface area (Å²) in [5, 5.41) is 0. The van der Waals surface area contributed by atoms with Gasteiger partial charge in [0, 0.05) is 27.7 Å². The van der Waals surface area contributed by atoms with Crippen molar-refractivity contribution < 1.29 is 47.7 Å². The lowest BCUT2D eigenvalue weighted by molar-refractivity contribution is -0.250. The van der Waals surface area contributed by atoms with Crippen LogP contribution in [-0.4, -0.2) is 67.2 Å². The van der Waals surface area contributed by atoms with Gasteiger partial charge >= 0.3 is 23.9 Å². The Morgan fingerprint density at radius 1 is 0.846 bits per heavy atom. The molecule has 0 amide bonds. The highest BCUT2D eigenvalue weighted by Crippen LogP contribution is 2.29. The minimum absolute atomic E-state index is 0.386. The van der Waals surface area contributed by atoms with Crippen LogP contribution in [0.25, 0.3) is 0 Å². The summed E-state index contributed by atoms with van der Waals surface area (Å²) in [6, 6.07) is 0. The number of carbonyl (C=O) groups excluding carboxylic acids is 5. The molecule has 0 aromatic heterocycles. The normalized spacial score (nSPS) is 27.5. The van der Waals surface area contributed by atoms with Crippen LogP contribution in [0.5, 0.6) is 0 Å². The first-order valence-corrected chi connectivity index (χ1v) is 7.53. The molecule has 1 heterocycles. The SMILES string of the molecule is CC(=O)OC[C@@H]1O[C@@H](N=C=O)[C@H](OC(C)=O)[C@@H](OC(C)=O)[C@@H]1OC(C)=O. The fourth-order valence-electron chi connectivity index (χ4n) is 2.36. The predicted octanol–water partition coefficient (Wildman–Crippen LogP) is -0.595.